The molecule has 1 amide bonds. The maximum Gasteiger partial charge on any atom is 0.332 e. The summed E-state index contributed by atoms with van der Waals surface area (Å²) in [5.74, 6) is -5.65. The number of hydrogen-bond donors (Lipinski definition) is 1. The fourth-order valence-corrected chi connectivity index (χ4v) is 4.33. The molecule has 1 N–H and O–H groups in total. The summed E-state index contributed by atoms with van der Waals surface area (Å²) in [6.45, 7) is 8.98. The average molecular weight is 629 g/mol. The van der Waals surface area contributed by atoms with Crippen molar-refractivity contribution < 1.29 is 52.4 Å². The van der Waals surface area contributed by atoms with E-state index < -0.39 is 78.7 Å². The molecule has 0 spiro atoms. The van der Waals surface area contributed by atoms with E-state index in [1.165, 1.54) is 33.2 Å². The number of cyclic esters (lactones) is 2. The van der Waals surface area contributed by atoms with Crippen LogP contribution in [0.2, 0.25) is 0 Å². The first-order valence-electron chi connectivity index (χ1n) is 14.6. The first-order chi connectivity index (χ1) is 21.3. The van der Waals surface area contributed by atoms with Crippen LogP contribution in [0.25, 0.3) is 0 Å². The lowest BCUT2D eigenvalue weighted by Gasteiger charge is -2.29. The molecule has 244 valence electrons. The number of hydrogen-bond acceptors (Lipinski definition) is 12. The summed E-state index contributed by atoms with van der Waals surface area (Å²) in [6.07, 6.45) is -1.93. The van der Waals surface area contributed by atoms with E-state index in [9.17, 15) is 24.0 Å². The Morgan fingerprint density at radius 3 is 2.27 bits per heavy atom. The van der Waals surface area contributed by atoms with Gasteiger partial charge in [0.15, 0.2) is 29.3 Å². The molecule has 2 unspecified atom stereocenters. The Hall–Kier alpha value is -4.68. The average Bonchev–Trinajstić information content (AvgIpc) is 3.03. The molecule has 1 saturated heterocycles. The van der Waals surface area contributed by atoms with Crippen molar-refractivity contribution in [3.05, 3.63) is 53.9 Å². The smallest absolute Gasteiger partial charge is 0.332 e. The number of carbonyl (C=O) groups excluding carboxylic acids is 5. The maximum absolute atomic E-state index is 13.5. The predicted molar refractivity (Wildman–Crippen MR) is 158 cm³/mol. The summed E-state index contributed by atoms with van der Waals surface area (Å²) >= 11 is 0. The Morgan fingerprint density at radius 2 is 1.64 bits per heavy atom. The summed E-state index contributed by atoms with van der Waals surface area (Å²) in [6, 6.07) is 9.04. The van der Waals surface area contributed by atoms with Crippen molar-refractivity contribution in [2.45, 2.75) is 72.5 Å². The van der Waals surface area contributed by atoms with Crippen molar-refractivity contribution in [2.75, 3.05) is 13.7 Å². The molecular formula is C32H40N2O11. The second-order valence-electron chi connectivity index (χ2n) is 11.1. The van der Waals surface area contributed by atoms with Gasteiger partial charge in [-0.05, 0) is 18.9 Å². The number of rotatable bonds is 11. The third kappa shape index (κ3) is 9.40. The van der Waals surface area contributed by atoms with Gasteiger partial charge in [-0.15, -0.1) is 0 Å². The number of amides is 1. The fraction of sp³-hybridized carbons (Fsp3) is 0.500. The summed E-state index contributed by atoms with van der Waals surface area (Å²) < 4.78 is 33.1. The zero-order valence-electron chi connectivity index (χ0n) is 26.4. The van der Waals surface area contributed by atoms with Crippen LogP contribution >= 0.6 is 0 Å². The van der Waals surface area contributed by atoms with Crippen LogP contribution in [0.15, 0.2) is 42.6 Å². The monoisotopic (exact) mass is 628 g/mol. The van der Waals surface area contributed by atoms with E-state index in [0.29, 0.717) is 0 Å². The van der Waals surface area contributed by atoms with Crippen LogP contribution < -0.4 is 14.8 Å². The highest BCUT2D eigenvalue weighted by atomic mass is 16.7. The third-order valence-corrected chi connectivity index (χ3v) is 6.81. The molecule has 0 aliphatic carbocycles. The molecule has 1 aliphatic heterocycles. The highest BCUT2D eigenvalue weighted by Crippen LogP contribution is 2.31. The molecule has 1 aromatic carbocycles. The standard InChI is InChI=1S/C32H40N2O11/c1-17(2)29(36)44-20(6)43-27-24(40-7)13-14-33-25(27)28(35)34-23-16-41-31(38)22(15-21-11-9-8-10-12-21)26(19(5)42-32(23)39)45-30(37)18(3)4/h8-14,17-20,22-23,26H,15-16H2,1-7H3,(H,34,35)/t19-,20?,22+,23?,26-/m0/s1. The van der Waals surface area contributed by atoms with E-state index in [2.05, 4.69) is 10.3 Å². The predicted octanol–water partition coefficient (Wildman–Crippen LogP) is 3.03. The lowest BCUT2D eigenvalue weighted by Crippen LogP contribution is -2.47. The van der Waals surface area contributed by atoms with Crippen LogP contribution in [-0.4, -0.2) is 73.0 Å². The van der Waals surface area contributed by atoms with Crippen LogP contribution in [0.5, 0.6) is 11.5 Å². The second-order valence-corrected chi connectivity index (χ2v) is 11.1. The van der Waals surface area contributed by atoms with Gasteiger partial charge in [0.05, 0.1) is 18.9 Å². The van der Waals surface area contributed by atoms with Gasteiger partial charge in [0.1, 0.15) is 18.6 Å². The molecule has 45 heavy (non-hydrogen) atoms. The van der Waals surface area contributed by atoms with E-state index >= 15 is 0 Å². The van der Waals surface area contributed by atoms with E-state index in [0.717, 1.165) is 5.56 Å². The molecule has 13 nitrogen and oxygen atoms in total. The molecule has 3 rings (SSSR count). The van der Waals surface area contributed by atoms with Crippen LogP contribution in [0.1, 0.15) is 57.6 Å². The molecule has 0 bridgehead atoms. The molecule has 5 atom stereocenters. The van der Waals surface area contributed by atoms with Gasteiger partial charge in [-0.25, -0.2) is 9.78 Å². The van der Waals surface area contributed by atoms with Crippen molar-refractivity contribution in [1.29, 1.82) is 0 Å². The van der Waals surface area contributed by atoms with Gasteiger partial charge < -0.3 is 33.7 Å². The summed E-state index contributed by atoms with van der Waals surface area (Å²) in [4.78, 5) is 69.0. The van der Waals surface area contributed by atoms with Gasteiger partial charge in [0, 0.05) is 19.2 Å². The fourth-order valence-electron chi connectivity index (χ4n) is 4.33. The van der Waals surface area contributed by atoms with Crippen molar-refractivity contribution in [2.24, 2.45) is 17.8 Å². The van der Waals surface area contributed by atoms with Gasteiger partial charge in [-0.3, -0.25) is 19.2 Å². The number of methoxy groups -OCH3 is 1. The SMILES string of the molecule is COc1ccnc(C(=O)NC2COC(=O)[C@H](Cc3ccccc3)[C@@H](OC(=O)C(C)C)[C@H](C)OC2=O)c1OC(C)OC(=O)C(C)C. The van der Waals surface area contributed by atoms with Crippen molar-refractivity contribution >= 4 is 29.8 Å². The molecule has 0 radical (unpaired) electrons. The molecule has 1 aromatic heterocycles. The Balaban J connectivity index is 1.87. The van der Waals surface area contributed by atoms with Gasteiger partial charge in [0.25, 0.3) is 5.91 Å². The van der Waals surface area contributed by atoms with E-state index in [1.807, 2.05) is 18.2 Å². The number of nitrogens with zero attached hydrogens (tertiary/aromatic N) is 1. The van der Waals surface area contributed by atoms with E-state index in [-0.39, 0.29) is 23.6 Å². The Bertz CT molecular complexity index is 1360. The summed E-state index contributed by atoms with van der Waals surface area (Å²) in [5, 5.41) is 2.48. The van der Waals surface area contributed by atoms with Crippen molar-refractivity contribution in [3.63, 3.8) is 0 Å². The van der Waals surface area contributed by atoms with E-state index in [1.54, 1.807) is 39.8 Å². The van der Waals surface area contributed by atoms with Crippen LogP contribution in [0.3, 0.4) is 0 Å². The number of ether oxygens (including phenoxy) is 6. The number of esters is 4. The van der Waals surface area contributed by atoms with Crippen LogP contribution in [0, 0.1) is 17.8 Å². The quantitative estimate of drug-likeness (QED) is 0.220. The molecule has 13 heteroatoms. The normalized spacial score (nSPS) is 20.9. The highest BCUT2D eigenvalue weighted by molar-refractivity contribution is 5.98. The largest absolute Gasteiger partial charge is 0.493 e. The van der Waals surface area contributed by atoms with E-state index in [4.69, 9.17) is 28.4 Å². The first-order valence-corrected chi connectivity index (χ1v) is 14.6. The molecule has 2 heterocycles. The minimum absolute atomic E-state index is 0.109. The zero-order valence-corrected chi connectivity index (χ0v) is 26.4. The Kier molecular flexibility index (Phi) is 12.3. The minimum Gasteiger partial charge on any atom is -0.493 e. The van der Waals surface area contributed by atoms with Gasteiger partial charge >= 0.3 is 23.9 Å². The number of pyridine rings is 1. The van der Waals surface area contributed by atoms with Gasteiger partial charge in [-0.1, -0.05) is 58.0 Å². The van der Waals surface area contributed by atoms with Crippen molar-refractivity contribution in [3.8, 4) is 11.5 Å². The van der Waals surface area contributed by atoms with Gasteiger partial charge in [0.2, 0.25) is 6.29 Å². The van der Waals surface area contributed by atoms with Crippen LogP contribution in [0.4, 0.5) is 0 Å². The highest BCUT2D eigenvalue weighted by Gasteiger charge is 2.42. The number of aromatic nitrogens is 1. The van der Waals surface area contributed by atoms with Crippen LogP contribution in [-0.2, 0) is 44.5 Å². The third-order valence-electron chi connectivity index (χ3n) is 6.81. The first kappa shape index (κ1) is 34.8. The lowest BCUT2D eigenvalue weighted by molar-refractivity contribution is -0.176. The van der Waals surface area contributed by atoms with Crippen molar-refractivity contribution in [1.82, 2.24) is 10.3 Å². The molecule has 2 aromatic rings. The number of benzene rings is 1. The Morgan fingerprint density at radius 1 is 0.978 bits per heavy atom. The second kappa shape index (κ2) is 15.9. The molecular weight excluding hydrogens is 588 g/mol. The lowest BCUT2D eigenvalue weighted by atomic mass is 9.91. The minimum atomic E-state index is -1.46. The number of carbonyl (C=O) groups is 5. The summed E-state index contributed by atoms with van der Waals surface area (Å²) in [7, 11) is 1.35. The van der Waals surface area contributed by atoms with Gasteiger partial charge in [-0.2, -0.15) is 0 Å². The molecule has 1 aliphatic rings. The topological polar surface area (TPSA) is 166 Å². The molecule has 1 fully saturated rings. The zero-order chi connectivity index (χ0) is 33.3. The summed E-state index contributed by atoms with van der Waals surface area (Å²) in [5.41, 5.74) is 0.483. The Labute approximate surface area is 261 Å². The number of nitrogens with one attached hydrogen (secondary N) is 1. The molecule has 0 saturated carbocycles. The maximum atomic E-state index is 13.5.